The summed E-state index contributed by atoms with van der Waals surface area (Å²) in [6, 6.07) is 13.6. The highest BCUT2D eigenvalue weighted by Crippen LogP contribution is 2.23. The molecule has 0 aliphatic rings. The number of benzene rings is 2. The highest BCUT2D eigenvalue weighted by atomic mass is 35.5. The van der Waals surface area contributed by atoms with Crippen LogP contribution in [0.15, 0.2) is 48.5 Å². The molecule has 0 saturated carbocycles. The zero-order valence-corrected chi connectivity index (χ0v) is 13.5. The SMILES string of the molecule is CC(C)(C(=O)NCCc1cccc(Cl)c1)c1ccc(F)cc1. The Morgan fingerprint density at radius 3 is 2.50 bits per heavy atom. The highest BCUT2D eigenvalue weighted by molar-refractivity contribution is 6.30. The summed E-state index contributed by atoms with van der Waals surface area (Å²) < 4.78 is 13.0. The van der Waals surface area contributed by atoms with Gasteiger partial charge in [-0.1, -0.05) is 35.9 Å². The molecule has 0 fully saturated rings. The average molecular weight is 320 g/mol. The molecule has 0 radical (unpaired) electrons. The van der Waals surface area contributed by atoms with E-state index in [-0.39, 0.29) is 11.7 Å². The summed E-state index contributed by atoms with van der Waals surface area (Å²) in [6.45, 7) is 4.19. The lowest BCUT2D eigenvalue weighted by atomic mass is 9.83. The van der Waals surface area contributed by atoms with Crippen molar-refractivity contribution < 1.29 is 9.18 Å². The van der Waals surface area contributed by atoms with Gasteiger partial charge in [0, 0.05) is 11.6 Å². The van der Waals surface area contributed by atoms with Crippen molar-refractivity contribution in [3.8, 4) is 0 Å². The van der Waals surface area contributed by atoms with Crippen LogP contribution in [0.1, 0.15) is 25.0 Å². The molecule has 0 atom stereocenters. The summed E-state index contributed by atoms with van der Waals surface area (Å²) >= 11 is 5.93. The van der Waals surface area contributed by atoms with E-state index in [1.807, 2.05) is 38.1 Å². The number of halogens is 2. The van der Waals surface area contributed by atoms with Gasteiger partial charge in [0.1, 0.15) is 5.82 Å². The van der Waals surface area contributed by atoms with Gasteiger partial charge in [0.15, 0.2) is 0 Å². The molecule has 1 amide bonds. The van der Waals surface area contributed by atoms with Crippen LogP contribution in [0.4, 0.5) is 4.39 Å². The quantitative estimate of drug-likeness (QED) is 0.882. The molecule has 0 aliphatic heterocycles. The van der Waals surface area contributed by atoms with Crippen molar-refractivity contribution in [2.45, 2.75) is 25.7 Å². The second kappa shape index (κ2) is 6.93. The minimum absolute atomic E-state index is 0.0823. The van der Waals surface area contributed by atoms with E-state index in [0.29, 0.717) is 18.0 Å². The first-order valence-corrected chi connectivity index (χ1v) is 7.56. The predicted octanol–water partition coefficient (Wildman–Crippen LogP) is 4.12. The van der Waals surface area contributed by atoms with Crippen molar-refractivity contribution in [3.05, 3.63) is 70.5 Å². The van der Waals surface area contributed by atoms with Crippen LogP contribution in [0.25, 0.3) is 0 Å². The van der Waals surface area contributed by atoms with Crippen molar-refractivity contribution in [2.24, 2.45) is 0 Å². The van der Waals surface area contributed by atoms with Crippen LogP contribution >= 0.6 is 11.6 Å². The zero-order chi connectivity index (χ0) is 16.2. The number of rotatable bonds is 5. The molecule has 4 heteroatoms. The van der Waals surface area contributed by atoms with Gasteiger partial charge in [0.2, 0.25) is 5.91 Å². The van der Waals surface area contributed by atoms with Crippen LogP contribution in [0.5, 0.6) is 0 Å². The first-order chi connectivity index (χ1) is 10.4. The second-order valence-corrected chi connectivity index (χ2v) is 6.20. The normalized spacial score (nSPS) is 11.3. The van der Waals surface area contributed by atoms with E-state index in [1.54, 1.807) is 12.1 Å². The molecular formula is C18H19ClFNO. The topological polar surface area (TPSA) is 29.1 Å². The Bertz CT molecular complexity index is 652. The number of nitrogens with one attached hydrogen (secondary N) is 1. The smallest absolute Gasteiger partial charge is 0.230 e. The zero-order valence-electron chi connectivity index (χ0n) is 12.7. The summed E-state index contributed by atoms with van der Waals surface area (Å²) in [5, 5.41) is 3.62. The lowest BCUT2D eigenvalue weighted by Gasteiger charge is -2.24. The summed E-state index contributed by atoms with van der Waals surface area (Å²) in [7, 11) is 0. The minimum atomic E-state index is -0.706. The first kappa shape index (κ1) is 16.5. The molecule has 2 nitrogen and oxygen atoms in total. The molecule has 0 aromatic heterocycles. The fourth-order valence-corrected chi connectivity index (χ4v) is 2.44. The molecule has 2 aromatic rings. The fraction of sp³-hybridized carbons (Fsp3) is 0.278. The van der Waals surface area contributed by atoms with Crippen LogP contribution in [0.3, 0.4) is 0 Å². The van der Waals surface area contributed by atoms with Gasteiger partial charge in [0.05, 0.1) is 5.41 Å². The molecule has 2 aromatic carbocycles. The van der Waals surface area contributed by atoms with E-state index in [0.717, 1.165) is 11.1 Å². The molecule has 0 heterocycles. The third kappa shape index (κ3) is 4.08. The van der Waals surface area contributed by atoms with Gasteiger partial charge in [-0.25, -0.2) is 4.39 Å². The van der Waals surface area contributed by atoms with Gasteiger partial charge in [0.25, 0.3) is 0 Å². The molecule has 1 N–H and O–H groups in total. The van der Waals surface area contributed by atoms with E-state index in [4.69, 9.17) is 11.6 Å². The van der Waals surface area contributed by atoms with E-state index < -0.39 is 5.41 Å². The first-order valence-electron chi connectivity index (χ1n) is 7.18. The largest absolute Gasteiger partial charge is 0.355 e. The maximum atomic E-state index is 13.0. The number of carbonyl (C=O) groups is 1. The fourth-order valence-electron chi connectivity index (χ4n) is 2.23. The van der Waals surface area contributed by atoms with Crippen LogP contribution in [0, 0.1) is 5.82 Å². The van der Waals surface area contributed by atoms with Crippen LogP contribution in [0.2, 0.25) is 5.02 Å². The molecule has 116 valence electrons. The van der Waals surface area contributed by atoms with Gasteiger partial charge in [-0.05, 0) is 55.7 Å². The molecule has 22 heavy (non-hydrogen) atoms. The number of carbonyl (C=O) groups excluding carboxylic acids is 1. The van der Waals surface area contributed by atoms with Gasteiger partial charge in [-0.3, -0.25) is 4.79 Å². The van der Waals surface area contributed by atoms with E-state index in [9.17, 15) is 9.18 Å². The molecular weight excluding hydrogens is 301 g/mol. The predicted molar refractivity (Wildman–Crippen MR) is 87.6 cm³/mol. The van der Waals surface area contributed by atoms with Gasteiger partial charge in [-0.2, -0.15) is 0 Å². The van der Waals surface area contributed by atoms with Crippen molar-refractivity contribution in [1.82, 2.24) is 5.32 Å². The molecule has 0 saturated heterocycles. The van der Waals surface area contributed by atoms with Gasteiger partial charge >= 0.3 is 0 Å². The van der Waals surface area contributed by atoms with Crippen molar-refractivity contribution in [3.63, 3.8) is 0 Å². The lowest BCUT2D eigenvalue weighted by Crippen LogP contribution is -2.40. The van der Waals surface area contributed by atoms with E-state index in [1.165, 1.54) is 12.1 Å². The standard InChI is InChI=1S/C18H19ClFNO/c1-18(2,14-6-8-16(20)9-7-14)17(22)21-11-10-13-4-3-5-15(19)12-13/h3-9,12H,10-11H2,1-2H3,(H,21,22). The van der Waals surface area contributed by atoms with Gasteiger partial charge < -0.3 is 5.32 Å². The van der Waals surface area contributed by atoms with Crippen molar-refractivity contribution >= 4 is 17.5 Å². The molecule has 0 aliphatic carbocycles. The van der Waals surface area contributed by atoms with Crippen LogP contribution < -0.4 is 5.32 Å². The Hall–Kier alpha value is -1.87. The Morgan fingerprint density at radius 2 is 1.86 bits per heavy atom. The molecule has 0 spiro atoms. The monoisotopic (exact) mass is 319 g/mol. The third-order valence-electron chi connectivity index (χ3n) is 3.72. The maximum Gasteiger partial charge on any atom is 0.230 e. The lowest BCUT2D eigenvalue weighted by molar-refractivity contribution is -0.125. The molecule has 0 bridgehead atoms. The van der Waals surface area contributed by atoms with Crippen molar-refractivity contribution in [2.75, 3.05) is 6.54 Å². The van der Waals surface area contributed by atoms with E-state index in [2.05, 4.69) is 5.32 Å². The van der Waals surface area contributed by atoms with Crippen LogP contribution in [-0.4, -0.2) is 12.5 Å². The minimum Gasteiger partial charge on any atom is -0.355 e. The van der Waals surface area contributed by atoms with Crippen LogP contribution in [-0.2, 0) is 16.6 Å². The Labute approximate surface area is 135 Å². The molecule has 2 rings (SSSR count). The highest BCUT2D eigenvalue weighted by Gasteiger charge is 2.29. The maximum absolute atomic E-state index is 13.0. The summed E-state index contributed by atoms with van der Waals surface area (Å²) in [4.78, 5) is 12.4. The summed E-state index contributed by atoms with van der Waals surface area (Å²) in [5.74, 6) is -0.387. The average Bonchev–Trinajstić information content (AvgIpc) is 2.47. The Morgan fingerprint density at radius 1 is 1.18 bits per heavy atom. The Kier molecular flexibility index (Phi) is 5.19. The Balaban J connectivity index is 1.95. The van der Waals surface area contributed by atoms with Crippen molar-refractivity contribution in [1.29, 1.82) is 0 Å². The molecule has 0 unspecified atom stereocenters. The van der Waals surface area contributed by atoms with E-state index >= 15 is 0 Å². The third-order valence-corrected chi connectivity index (χ3v) is 3.96. The second-order valence-electron chi connectivity index (χ2n) is 5.77. The summed E-state index contributed by atoms with van der Waals surface area (Å²) in [6.07, 6.45) is 0.714. The summed E-state index contributed by atoms with van der Waals surface area (Å²) in [5.41, 5.74) is 1.16. The number of amides is 1. The number of hydrogen-bond acceptors (Lipinski definition) is 1. The van der Waals surface area contributed by atoms with Gasteiger partial charge in [-0.15, -0.1) is 0 Å². The number of hydrogen-bond donors (Lipinski definition) is 1.